The molecule has 3 rings (SSSR count). The summed E-state index contributed by atoms with van der Waals surface area (Å²) >= 11 is 1.41. The van der Waals surface area contributed by atoms with Gasteiger partial charge in [0.15, 0.2) is 6.61 Å². The number of likely N-dealkylation sites (N-methyl/N-ethyl adjacent to an activating group) is 1. The molecule has 2 aromatic heterocycles. The molecule has 0 fully saturated rings. The molecule has 30 heavy (non-hydrogen) atoms. The van der Waals surface area contributed by atoms with E-state index in [1.54, 1.807) is 30.6 Å². The Bertz CT molecular complexity index is 1100. The van der Waals surface area contributed by atoms with E-state index in [1.807, 2.05) is 13.2 Å². The van der Waals surface area contributed by atoms with Crippen molar-refractivity contribution in [2.24, 2.45) is 0 Å². The number of nitrogens with zero attached hydrogens (tertiary/aromatic N) is 5. The monoisotopic (exact) mass is 431 g/mol. The van der Waals surface area contributed by atoms with Crippen LogP contribution in [-0.4, -0.2) is 56.3 Å². The van der Waals surface area contributed by atoms with Crippen LogP contribution in [0.25, 0.3) is 5.78 Å². The average Bonchev–Trinajstić information content (AvgIpc) is 3.12. The van der Waals surface area contributed by atoms with E-state index in [1.165, 1.54) is 28.8 Å². The second kappa shape index (κ2) is 9.21. The van der Waals surface area contributed by atoms with Gasteiger partial charge in [0.1, 0.15) is 5.82 Å². The van der Waals surface area contributed by atoms with Crippen LogP contribution in [0.3, 0.4) is 0 Å². The van der Waals surface area contributed by atoms with Crippen molar-refractivity contribution in [3.8, 4) is 0 Å². The van der Waals surface area contributed by atoms with Crippen molar-refractivity contribution in [2.75, 3.05) is 19.9 Å². The minimum atomic E-state index is -0.542. The molecule has 1 aromatic carbocycles. The average molecular weight is 431 g/mol. The van der Waals surface area contributed by atoms with Gasteiger partial charge < -0.3 is 9.64 Å². The van der Waals surface area contributed by atoms with E-state index in [0.29, 0.717) is 27.8 Å². The van der Waals surface area contributed by atoms with Crippen LogP contribution in [0, 0.1) is 19.7 Å². The van der Waals surface area contributed by atoms with Crippen molar-refractivity contribution in [1.29, 1.82) is 0 Å². The number of amides is 1. The Hall–Kier alpha value is -3.01. The Labute approximate surface area is 177 Å². The summed E-state index contributed by atoms with van der Waals surface area (Å²) in [4.78, 5) is 34.7. The van der Waals surface area contributed by atoms with Gasteiger partial charge in [-0.3, -0.25) is 9.59 Å². The lowest BCUT2D eigenvalue weighted by Crippen LogP contribution is -2.31. The molecule has 1 amide bonds. The van der Waals surface area contributed by atoms with Crippen LogP contribution in [0.4, 0.5) is 4.39 Å². The number of rotatable bonds is 7. The Morgan fingerprint density at radius 3 is 2.73 bits per heavy atom. The van der Waals surface area contributed by atoms with Crippen LogP contribution in [-0.2, 0) is 27.3 Å². The van der Waals surface area contributed by atoms with Crippen LogP contribution in [0.5, 0.6) is 0 Å². The Kier molecular flexibility index (Phi) is 6.66. The summed E-state index contributed by atoms with van der Waals surface area (Å²) in [5.41, 5.74) is 2.74. The zero-order chi connectivity index (χ0) is 21.8. The van der Waals surface area contributed by atoms with Gasteiger partial charge in [0.2, 0.25) is 5.16 Å². The summed E-state index contributed by atoms with van der Waals surface area (Å²) < 4.78 is 20.0. The molecule has 0 aliphatic heterocycles. The zero-order valence-corrected chi connectivity index (χ0v) is 18.0. The summed E-state index contributed by atoms with van der Waals surface area (Å²) in [6.45, 7) is 3.46. The molecular weight excluding hydrogens is 409 g/mol. The van der Waals surface area contributed by atoms with Gasteiger partial charge in [0.25, 0.3) is 11.7 Å². The topological polar surface area (TPSA) is 89.7 Å². The van der Waals surface area contributed by atoms with Gasteiger partial charge >= 0.3 is 5.97 Å². The second-order valence-corrected chi connectivity index (χ2v) is 7.56. The van der Waals surface area contributed by atoms with E-state index in [0.717, 1.165) is 5.69 Å². The first-order valence-electron chi connectivity index (χ1n) is 9.19. The van der Waals surface area contributed by atoms with Crippen LogP contribution in [0.1, 0.15) is 22.5 Å². The minimum absolute atomic E-state index is 0.0318. The molecule has 0 aliphatic carbocycles. The quantitative estimate of drug-likeness (QED) is 0.419. The molecule has 0 bridgehead atoms. The van der Waals surface area contributed by atoms with E-state index in [2.05, 4.69) is 15.1 Å². The van der Waals surface area contributed by atoms with E-state index in [9.17, 15) is 14.0 Å². The predicted molar refractivity (Wildman–Crippen MR) is 110 cm³/mol. The van der Waals surface area contributed by atoms with Gasteiger partial charge in [-0.1, -0.05) is 23.9 Å². The molecule has 0 N–H and O–H groups in total. The van der Waals surface area contributed by atoms with Crippen molar-refractivity contribution in [2.45, 2.75) is 32.0 Å². The molecule has 0 saturated heterocycles. The van der Waals surface area contributed by atoms with Crippen molar-refractivity contribution in [3.05, 3.63) is 52.6 Å². The van der Waals surface area contributed by atoms with Crippen LogP contribution in [0.15, 0.2) is 29.4 Å². The number of esters is 1. The summed E-state index contributed by atoms with van der Waals surface area (Å²) in [5, 5.41) is 4.94. The second-order valence-electron chi connectivity index (χ2n) is 6.79. The van der Waals surface area contributed by atoms with Crippen molar-refractivity contribution in [1.82, 2.24) is 24.5 Å². The van der Waals surface area contributed by atoms with Crippen molar-refractivity contribution < 1.29 is 18.7 Å². The fourth-order valence-electron chi connectivity index (χ4n) is 2.98. The minimum Gasteiger partial charge on any atom is -0.455 e. The molecule has 8 nitrogen and oxygen atoms in total. The Balaban J connectivity index is 1.61. The van der Waals surface area contributed by atoms with Gasteiger partial charge in [-0.25, -0.2) is 13.9 Å². The van der Waals surface area contributed by atoms with E-state index < -0.39 is 12.6 Å². The number of hydrogen-bond acceptors (Lipinski definition) is 7. The van der Waals surface area contributed by atoms with Crippen LogP contribution in [0.2, 0.25) is 0 Å². The van der Waals surface area contributed by atoms with Gasteiger partial charge in [-0.15, -0.1) is 5.10 Å². The van der Waals surface area contributed by atoms with Crippen LogP contribution < -0.4 is 0 Å². The highest BCUT2D eigenvalue weighted by Gasteiger charge is 2.18. The number of aryl methyl sites for hydroxylation is 2. The predicted octanol–water partition coefficient (Wildman–Crippen LogP) is 2.35. The van der Waals surface area contributed by atoms with Gasteiger partial charge in [0, 0.05) is 30.5 Å². The largest absolute Gasteiger partial charge is 0.455 e. The lowest BCUT2D eigenvalue weighted by Gasteiger charge is -2.17. The molecule has 2 heterocycles. The van der Waals surface area contributed by atoms with Gasteiger partial charge in [0.05, 0.1) is 6.42 Å². The number of hydrogen-bond donors (Lipinski definition) is 0. The number of ether oxygens (including phenoxy) is 1. The SMILES string of the molecule is CSc1nc2nc(C)c(CC(=O)OCC(=O)N(C)Cc3cccc(F)c3)c(C)n2n1. The molecule has 0 spiro atoms. The highest BCUT2D eigenvalue weighted by molar-refractivity contribution is 7.98. The van der Waals surface area contributed by atoms with Crippen LogP contribution >= 0.6 is 11.8 Å². The standard InChI is InChI=1S/C20H22FN5O3S/c1-12-16(13(2)26-19(22-12)23-20(24-26)30-4)9-18(28)29-11-17(27)25(3)10-14-6-5-7-15(21)8-14/h5-8H,9-11H2,1-4H3. The molecular formula is C20H22FN5O3S. The number of benzene rings is 1. The summed E-state index contributed by atoms with van der Waals surface area (Å²) in [7, 11) is 1.57. The highest BCUT2D eigenvalue weighted by atomic mass is 32.2. The number of halogens is 1. The summed E-state index contributed by atoms with van der Waals surface area (Å²) in [6, 6.07) is 6.00. The smallest absolute Gasteiger partial charge is 0.310 e. The Morgan fingerprint density at radius 1 is 1.27 bits per heavy atom. The third-order valence-corrected chi connectivity index (χ3v) is 5.16. The third-order valence-electron chi connectivity index (χ3n) is 4.62. The van der Waals surface area contributed by atoms with E-state index >= 15 is 0 Å². The molecule has 0 saturated carbocycles. The van der Waals surface area contributed by atoms with Crippen molar-refractivity contribution >= 4 is 29.4 Å². The summed E-state index contributed by atoms with van der Waals surface area (Å²) in [6.07, 6.45) is 1.84. The van der Waals surface area contributed by atoms with E-state index in [4.69, 9.17) is 4.74 Å². The third kappa shape index (κ3) is 4.93. The maximum atomic E-state index is 13.3. The molecule has 0 unspecified atom stereocenters. The number of carbonyl (C=O) groups is 2. The van der Waals surface area contributed by atoms with E-state index in [-0.39, 0.29) is 24.7 Å². The number of carbonyl (C=O) groups excluding carboxylic acids is 2. The Morgan fingerprint density at radius 2 is 2.03 bits per heavy atom. The lowest BCUT2D eigenvalue weighted by atomic mass is 10.1. The maximum Gasteiger partial charge on any atom is 0.310 e. The van der Waals surface area contributed by atoms with Gasteiger partial charge in [-0.05, 0) is 37.8 Å². The van der Waals surface area contributed by atoms with Crippen molar-refractivity contribution in [3.63, 3.8) is 0 Å². The molecule has 0 radical (unpaired) electrons. The first kappa shape index (κ1) is 21.7. The molecule has 0 aliphatic rings. The molecule has 10 heteroatoms. The number of fused-ring (bicyclic) bond motifs is 1. The molecule has 3 aromatic rings. The normalized spacial score (nSPS) is 11.0. The lowest BCUT2D eigenvalue weighted by molar-refractivity contribution is -0.151. The fraction of sp³-hybridized carbons (Fsp3) is 0.350. The summed E-state index contributed by atoms with van der Waals surface area (Å²) in [5.74, 6) is -0.815. The fourth-order valence-corrected chi connectivity index (χ4v) is 3.31. The molecule has 0 atom stereocenters. The number of aromatic nitrogens is 4. The highest BCUT2D eigenvalue weighted by Crippen LogP contribution is 2.17. The maximum absolute atomic E-state index is 13.3. The zero-order valence-electron chi connectivity index (χ0n) is 17.2. The number of thioether (sulfide) groups is 1. The first-order chi connectivity index (χ1) is 14.3. The van der Waals surface area contributed by atoms with Gasteiger partial charge in [-0.2, -0.15) is 4.98 Å². The first-order valence-corrected chi connectivity index (χ1v) is 10.4. The molecule has 158 valence electrons.